The number of azide groups is 1. The van der Waals surface area contributed by atoms with Crippen LogP contribution in [0.3, 0.4) is 0 Å². The molecule has 0 aromatic carbocycles. The highest BCUT2D eigenvalue weighted by atomic mass is 16.5. The molecular weight excluding hydrogens is 178 g/mol. The van der Waals surface area contributed by atoms with E-state index < -0.39 is 24.5 Å². The summed E-state index contributed by atoms with van der Waals surface area (Å²) in [6, 6.07) is 0. The third-order valence-electron chi connectivity index (χ3n) is 1.73. The first-order valence-electron chi connectivity index (χ1n) is 3.51. The summed E-state index contributed by atoms with van der Waals surface area (Å²) in [5, 5.41) is 30.6. The lowest BCUT2D eigenvalue weighted by Crippen LogP contribution is -2.50. The Morgan fingerprint density at radius 2 is 2.00 bits per heavy atom. The van der Waals surface area contributed by atoms with Gasteiger partial charge in [0.1, 0.15) is 24.1 Å². The molecule has 1 aliphatic rings. The Labute approximate surface area is 73.5 Å². The van der Waals surface area contributed by atoms with E-state index in [1.165, 1.54) is 0 Å². The second-order valence-corrected chi connectivity index (χ2v) is 2.61. The number of aliphatic hydroxyl groups excluding tert-OH is 3. The van der Waals surface area contributed by atoms with E-state index in [-0.39, 0.29) is 5.76 Å². The van der Waals surface area contributed by atoms with Gasteiger partial charge in [-0.15, -0.1) is 0 Å². The van der Waals surface area contributed by atoms with Crippen LogP contribution in [0.15, 0.2) is 17.5 Å². The predicted octanol–water partition coefficient (Wildman–Crippen LogP) is -0.751. The molecule has 1 heterocycles. The normalized spacial score (nSPS) is 39.2. The van der Waals surface area contributed by atoms with Crippen LogP contribution in [0.1, 0.15) is 0 Å². The first kappa shape index (κ1) is 9.82. The Hall–Kier alpha value is -1.27. The van der Waals surface area contributed by atoms with Gasteiger partial charge < -0.3 is 20.1 Å². The number of hydrogen-bond donors (Lipinski definition) is 3. The molecule has 0 spiro atoms. The molecule has 1 rings (SSSR count). The molecule has 0 unspecified atom stereocenters. The fraction of sp³-hybridized carbons (Fsp3) is 0.667. The van der Waals surface area contributed by atoms with Crippen LogP contribution in [0.4, 0.5) is 0 Å². The van der Waals surface area contributed by atoms with E-state index >= 15 is 0 Å². The first-order chi connectivity index (χ1) is 6.07. The zero-order chi connectivity index (χ0) is 10.0. The first-order valence-corrected chi connectivity index (χ1v) is 3.51. The molecule has 72 valence electrons. The van der Waals surface area contributed by atoms with Gasteiger partial charge in [-0.2, -0.15) is 0 Å². The van der Waals surface area contributed by atoms with Crippen molar-refractivity contribution >= 4 is 0 Å². The predicted molar refractivity (Wildman–Crippen MR) is 41.2 cm³/mol. The molecule has 0 bridgehead atoms. The molecule has 0 saturated carbocycles. The van der Waals surface area contributed by atoms with E-state index in [0.29, 0.717) is 0 Å². The summed E-state index contributed by atoms with van der Waals surface area (Å²) in [7, 11) is 0. The second-order valence-electron chi connectivity index (χ2n) is 2.61. The molecule has 0 aromatic heterocycles. The second kappa shape index (κ2) is 3.63. The summed E-state index contributed by atoms with van der Waals surface area (Å²) >= 11 is 0. The van der Waals surface area contributed by atoms with Gasteiger partial charge in [-0.1, -0.05) is 6.58 Å². The van der Waals surface area contributed by atoms with Crippen LogP contribution in [0.5, 0.6) is 0 Å². The number of ether oxygens (including phenoxy) is 1. The lowest BCUT2D eigenvalue weighted by atomic mass is 10.0. The van der Waals surface area contributed by atoms with Gasteiger partial charge in [0.15, 0.2) is 0 Å². The van der Waals surface area contributed by atoms with Crippen molar-refractivity contribution in [3.8, 4) is 0 Å². The Bertz CT molecular complexity index is 263. The molecule has 7 nitrogen and oxygen atoms in total. The highest BCUT2D eigenvalue weighted by molar-refractivity contribution is 5.04. The highest BCUT2D eigenvalue weighted by Gasteiger charge is 2.39. The summed E-state index contributed by atoms with van der Waals surface area (Å²) in [6.07, 6.45) is -5.50. The fourth-order valence-electron chi connectivity index (χ4n) is 0.983. The zero-order valence-electron chi connectivity index (χ0n) is 6.61. The standard InChI is InChI=1S/C6H9N3O4/c1-2-3(10)4(11)5(12)6(13-2)8-9-7/h3-6,10-12H,1H2/t3-,4+,5-,6-/m1/s1. The molecule has 3 N–H and O–H groups in total. The molecule has 1 fully saturated rings. The lowest BCUT2D eigenvalue weighted by Gasteiger charge is -2.34. The Morgan fingerprint density at radius 3 is 2.54 bits per heavy atom. The minimum absolute atomic E-state index is 0.129. The van der Waals surface area contributed by atoms with Crippen molar-refractivity contribution in [2.75, 3.05) is 0 Å². The van der Waals surface area contributed by atoms with Crippen molar-refractivity contribution in [3.05, 3.63) is 22.8 Å². The van der Waals surface area contributed by atoms with E-state index in [2.05, 4.69) is 16.6 Å². The summed E-state index contributed by atoms with van der Waals surface area (Å²) in [4.78, 5) is 2.41. The summed E-state index contributed by atoms with van der Waals surface area (Å²) in [5.41, 5.74) is 8.07. The molecular formula is C6H9N3O4. The number of aliphatic hydroxyl groups is 3. The van der Waals surface area contributed by atoms with E-state index in [4.69, 9.17) is 15.4 Å². The maximum Gasteiger partial charge on any atom is 0.205 e. The number of rotatable bonds is 1. The molecule has 13 heavy (non-hydrogen) atoms. The van der Waals surface area contributed by atoms with Crippen LogP contribution in [0.2, 0.25) is 0 Å². The maximum atomic E-state index is 9.22. The van der Waals surface area contributed by atoms with Gasteiger partial charge in [-0.25, -0.2) is 0 Å². The SMILES string of the molecule is C=C1O[C@@H](N=[N+]=[N-])[C@H](O)[C@@H](O)[C@@H]1O. The van der Waals surface area contributed by atoms with Crippen molar-refractivity contribution in [2.45, 2.75) is 24.5 Å². The molecule has 1 saturated heterocycles. The topological polar surface area (TPSA) is 119 Å². The monoisotopic (exact) mass is 187 g/mol. The molecule has 4 atom stereocenters. The van der Waals surface area contributed by atoms with Crippen molar-refractivity contribution in [3.63, 3.8) is 0 Å². The molecule has 7 heteroatoms. The van der Waals surface area contributed by atoms with Gasteiger partial charge in [0.05, 0.1) is 0 Å². The van der Waals surface area contributed by atoms with Crippen LogP contribution < -0.4 is 0 Å². The van der Waals surface area contributed by atoms with E-state index in [1.807, 2.05) is 0 Å². The molecule has 1 aliphatic heterocycles. The summed E-state index contributed by atoms with van der Waals surface area (Å²) in [5.74, 6) is -0.129. The van der Waals surface area contributed by atoms with Crippen molar-refractivity contribution in [2.24, 2.45) is 5.11 Å². The minimum atomic E-state index is -1.45. The molecule has 0 aromatic rings. The third kappa shape index (κ3) is 1.73. The van der Waals surface area contributed by atoms with E-state index in [1.54, 1.807) is 0 Å². The summed E-state index contributed by atoms with van der Waals surface area (Å²) < 4.78 is 4.75. The smallest absolute Gasteiger partial charge is 0.205 e. The average molecular weight is 187 g/mol. The van der Waals surface area contributed by atoms with E-state index in [9.17, 15) is 10.2 Å². The van der Waals surface area contributed by atoms with Crippen molar-refractivity contribution < 1.29 is 20.1 Å². The van der Waals surface area contributed by atoms with Crippen molar-refractivity contribution in [1.29, 1.82) is 0 Å². The minimum Gasteiger partial charge on any atom is -0.484 e. The van der Waals surface area contributed by atoms with Gasteiger partial charge in [0, 0.05) is 4.91 Å². The van der Waals surface area contributed by atoms with Crippen LogP contribution in [-0.2, 0) is 4.74 Å². The lowest BCUT2D eigenvalue weighted by molar-refractivity contribution is -0.152. The van der Waals surface area contributed by atoms with Crippen LogP contribution in [0.25, 0.3) is 10.4 Å². The zero-order valence-corrected chi connectivity index (χ0v) is 6.61. The Balaban J connectivity index is 2.81. The molecule has 0 radical (unpaired) electrons. The van der Waals surface area contributed by atoms with Crippen LogP contribution in [0, 0.1) is 0 Å². The largest absolute Gasteiger partial charge is 0.484 e. The van der Waals surface area contributed by atoms with Gasteiger partial charge in [-0.3, -0.25) is 0 Å². The van der Waals surface area contributed by atoms with Crippen LogP contribution in [-0.4, -0.2) is 39.9 Å². The number of nitrogens with zero attached hydrogens (tertiary/aromatic N) is 3. The maximum absolute atomic E-state index is 9.22. The Morgan fingerprint density at radius 1 is 1.38 bits per heavy atom. The van der Waals surface area contributed by atoms with Crippen molar-refractivity contribution in [1.82, 2.24) is 0 Å². The van der Waals surface area contributed by atoms with Gasteiger partial charge in [-0.05, 0) is 10.6 Å². The van der Waals surface area contributed by atoms with Gasteiger partial charge >= 0.3 is 0 Å². The quantitative estimate of drug-likeness (QED) is 0.284. The average Bonchev–Trinajstić information content (AvgIpc) is 2.11. The van der Waals surface area contributed by atoms with E-state index in [0.717, 1.165) is 0 Å². The Kier molecular flexibility index (Phi) is 2.74. The number of hydrogen-bond acceptors (Lipinski definition) is 5. The highest BCUT2D eigenvalue weighted by Crippen LogP contribution is 2.23. The molecule has 0 amide bonds. The van der Waals surface area contributed by atoms with Gasteiger partial charge in [0.2, 0.25) is 6.23 Å². The van der Waals surface area contributed by atoms with Gasteiger partial charge in [0.25, 0.3) is 0 Å². The van der Waals surface area contributed by atoms with Crippen LogP contribution >= 0.6 is 0 Å². The fourth-order valence-corrected chi connectivity index (χ4v) is 0.983. The third-order valence-corrected chi connectivity index (χ3v) is 1.73. The summed E-state index contributed by atoms with van der Waals surface area (Å²) in [6.45, 7) is 3.29. The molecule has 0 aliphatic carbocycles.